The quantitative estimate of drug-likeness (QED) is 0.861. The van der Waals surface area contributed by atoms with Crippen LogP contribution in [0.5, 0.6) is 0 Å². The third-order valence-electron chi connectivity index (χ3n) is 2.98. The number of hydrogen-bond donors (Lipinski definition) is 2. The van der Waals surface area contributed by atoms with Gasteiger partial charge in [-0.25, -0.2) is 9.48 Å². The molecule has 1 amide bonds. The Morgan fingerprint density at radius 2 is 2.25 bits per heavy atom. The molecule has 1 fully saturated rings. The van der Waals surface area contributed by atoms with Crippen molar-refractivity contribution in [2.24, 2.45) is 5.73 Å². The van der Waals surface area contributed by atoms with Crippen molar-refractivity contribution in [2.45, 2.75) is 32.4 Å². The zero-order chi connectivity index (χ0) is 14.8. The summed E-state index contributed by atoms with van der Waals surface area (Å²) in [7, 11) is 0. The van der Waals surface area contributed by atoms with Gasteiger partial charge in [-0.3, -0.25) is 0 Å². The summed E-state index contributed by atoms with van der Waals surface area (Å²) < 4.78 is 7.23. The molecule has 0 aliphatic carbocycles. The molecule has 0 spiro atoms. The first kappa shape index (κ1) is 14.6. The van der Waals surface area contributed by atoms with Crippen molar-refractivity contribution in [2.75, 3.05) is 31.5 Å². The van der Waals surface area contributed by atoms with E-state index in [0.29, 0.717) is 26.2 Å². The lowest BCUT2D eigenvalue weighted by Gasteiger charge is -2.40. The van der Waals surface area contributed by atoms with Gasteiger partial charge in [0.25, 0.3) is 0 Å². The van der Waals surface area contributed by atoms with E-state index in [2.05, 4.69) is 10.4 Å². The molecule has 20 heavy (non-hydrogen) atoms. The molecule has 1 aromatic heterocycles. The average molecular weight is 281 g/mol. The van der Waals surface area contributed by atoms with E-state index in [1.807, 2.05) is 31.5 Å². The first-order chi connectivity index (χ1) is 9.40. The fourth-order valence-electron chi connectivity index (χ4n) is 2.03. The van der Waals surface area contributed by atoms with Crippen LogP contribution < -0.4 is 11.1 Å². The van der Waals surface area contributed by atoms with Crippen molar-refractivity contribution in [1.29, 1.82) is 0 Å². The van der Waals surface area contributed by atoms with E-state index >= 15 is 0 Å². The summed E-state index contributed by atoms with van der Waals surface area (Å²) in [5.41, 5.74) is 5.02. The Morgan fingerprint density at radius 1 is 1.55 bits per heavy atom. The fourth-order valence-corrected chi connectivity index (χ4v) is 2.03. The highest BCUT2D eigenvalue weighted by molar-refractivity contribution is 5.69. The molecule has 2 heterocycles. The minimum atomic E-state index is -0.457. The van der Waals surface area contributed by atoms with Crippen LogP contribution in [-0.4, -0.2) is 52.6 Å². The van der Waals surface area contributed by atoms with Gasteiger partial charge in [-0.2, -0.15) is 5.10 Å². The number of likely N-dealkylation sites (tertiary alicyclic amines) is 1. The second-order valence-electron chi connectivity index (χ2n) is 5.92. The highest BCUT2D eigenvalue weighted by Crippen LogP contribution is 2.25. The van der Waals surface area contributed by atoms with Crippen molar-refractivity contribution in [3.63, 3.8) is 0 Å². The Morgan fingerprint density at radius 3 is 2.85 bits per heavy atom. The Kier molecular flexibility index (Phi) is 4.17. The summed E-state index contributed by atoms with van der Waals surface area (Å²) in [4.78, 5) is 13.5. The maximum absolute atomic E-state index is 11.9. The predicted molar refractivity (Wildman–Crippen MR) is 76.6 cm³/mol. The molecule has 0 radical (unpaired) electrons. The van der Waals surface area contributed by atoms with Crippen LogP contribution in [0.3, 0.4) is 0 Å². The lowest BCUT2D eigenvalue weighted by atomic mass is 10.1. The molecular formula is C13H23N5O2. The van der Waals surface area contributed by atoms with E-state index in [4.69, 9.17) is 10.5 Å². The van der Waals surface area contributed by atoms with Crippen molar-refractivity contribution in [3.05, 3.63) is 12.3 Å². The van der Waals surface area contributed by atoms with Crippen LogP contribution in [-0.2, 0) is 4.74 Å². The number of ether oxygens (including phenoxy) is 1. The normalized spacial score (nSPS) is 15.9. The Labute approximate surface area is 119 Å². The van der Waals surface area contributed by atoms with Gasteiger partial charge in [0, 0.05) is 32.2 Å². The standard InChI is InChI=1S/C13H23N5O2/c1-13(2,3)20-12(19)17-8-10(9-17)18-11(4-6-16-18)15-7-5-14/h4,6,10,15H,5,7-9,14H2,1-3H3. The Bertz CT molecular complexity index is 460. The minimum absolute atomic E-state index is 0.192. The minimum Gasteiger partial charge on any atom is -0.444 e. The van der Waals surface area contributed by atoms with Gasteiger partial charge in [0.1, 0.15) is 11.4 Å². The van der Waals surface area contributed by atoms with Crippen LogP contribution >= 0.6 is 0 Å². The fraction of sp³-hybridized carbons (Fsp3) is 0.692. The number of anilines is 1. The van der Waals surface area contributed by atoms with E-state index in [1.54, 1.807) is 11.1 Å². The number of nitrogens with one attached hydrogen (secondary N) is 1. The molecule has 112 valence electrons. The van der Waals surface area contributed by atoms with E-state index in [9.17, 15) is 4.79 Å². The first-order valence-electron chi connectivity index (χ1n) is 6.86. The molecule has 1 aliphatic heterocycles. The molecule has 0 unspecified atom stereocenters. The van der Waals surface area contributed by atoms with Gasteiger partial charge in [0.15, 0.2) is 0 Å². The largest absolute Gasteiger partial charge is 0.444 e. The molecule has 1 aliphatic rings. The van der Waals surface area contributed by atoms with Crippen molar-refractivity contribution in [3.8, 4) is 0 Å². The van der Waals surface area contributed by atoms with E-state index in [1.165, 1.54) is 0 Å². The molecule has 1 aromatic rings. The monoisotopic (exact) mass is 281 g/mol. The number of aromatic nitrogens is 2. The number of hydrogen-bond acceptors (Lipinski definition) is 5. The molecule has 0 bridgehead atoms. The van der Waals surface area contributed by atoms with Crippen LogP contribution in [0.15, 0.2) is 12.3 Å². The summed E-state index contributed by atoms with van der Waals surface area (Å²) in [6.07, 6.45) is 1.48. The van der Waals surface area contributed by atoms with Gasteiger partial charge in [0.05, 0.1) is 12.2 Å². The van der Waals surface area contributed by atoms with Gasteiger partial charge < -0.3 is 20.7 Å². The lowest BCUT2D eigenvalue weighted by Crippen LogP contribution is -2.52. The van der Waals surface area contributed by atoms with Crippen LogP contribution in [0.4, 0.5) is 10.6 Å². The molecule has 2 rings (SSSR count). The smallest absolute Gasteiger partial charge is 0.410 e. The van der Waals surface area contributed by atoms with E-state index in [-0.39, 0.29) is 12.1 Å². The number of carbonyl (C=O) groups excluding carboxylic acids is 1. The van der Waals surface area contributed by atoms with Gasteiger partial charge in [-0.1, -0.05) is 0 Å². The van der Waals surface area contributed by atoms with Gasteiger partial charge >= 0.3 is 6.09 Å². The predicted octanol–water partition coefficient (Wildman–Crippen LogP) is 1.05. The van der Waals surface area contributed by atoms with Gasteiger partial charge in [0.2, 0.25) is 0 Å². The van der Waals surface area contributed by atoms with Crippen LogP contribution in [0.2, 0.25) is 0 Å². The summed E-state index contributed by atoms with van der Waals surface area (Å²) in [5.74, 6) is 0.935. The first-order valence-corrected chi connectivity index (χ1v) is 6.86. The summed E-state index contributed by atoms with van der Waals surface area (Å²) in [5, 5.41) is 7.51. The number of amides is 1. The van der Waals surface area contributed by atoms with E-state index < -0.39 is 5.60 Å². The molecule has 7 heteroatoms. The highest BCUT2D eigenvalue weighted by Gasteiger charge is 2.35. The maximum Gasteiger partial charge on any atom is 0.410 e. The number of nitrogens with zero attached hydrogens (tertiary/aromatic N) is 3. The van der Waals surface area contributed by atoms with Gasteiger partial charge in [-0.15, -0.1) is 0 Å². The zero-order valence-corrected chi connectivity index (χ0v) is 12.3. The van der Waals surface area contributed by atoms with Crippen LogP contribution in [0.25, 0.3) is 0 Å². The van der Waals surface area contributed by atoms with Crippen molar-refractivity contribution >= 4 is 11.9 Å². The Balaban J connectivity index is 1.87. The Hall–Kier alpha value is -1.76. The van der Waals surface area contributed by atoms with Crippen molar-refractivity contribution in [1.82, 2.24) is 14.7 Å². The summed E-state index contributed by atoms with van der Waals surface area (Å²) in [6.45, 7) is 8.11. The SMILES string of the molecule is CC(C)(C)OC(=O)N1CC(n2nccc2NCCN)C1. The molecular weight excluding hydrogens is 258 g/mol. The average Bonchev–Trinajstić information content (AvgIpc) is 2.70. The number of nitrogens with two attached hydrogens (primary N) is 1. The second-order valence-corrected chi connectivity index (χ2v) is 5.92. The van der Waals surface area contributed by atoms with E-state index in [0.717, 1.165) is 5.82 Å². The maximum atomic E-state index is 11.9. The van der Waals surface area contributed by atoms with Crippen LogP contribution in [0, 0.1) is 0 Å². The zero-order valence-electron chi connectivity index (χ0n) is 12.3. The molecule has 0 aromatic carbocycles. The molecule has 1 saturated heterocycles. The third-order valence-corrected chi connectivity index (χ3v) is 2.98. The van der Waals surface area contributed by atoms with Crippen LogP contribution in [0.1, 0.15) is 26.8 Å². The highest BCUT2D eigenvalue weighted by atomic mass is 16.6. The topological polar surface area (TPSA) is 85.4 Å². The lowest BCUT2D eigenvalue weighted by molar-refractivity contribution is -0.000134. The number of carbonyl (C=O) groups is 1. The third kappa shape index (κ3) is 3.41. The summed E-state index contributed by atoms with van der Waals surface area (Å²) >= 11 is 0. The second kappa shape index (κ2) is 5.70. The number of rotatable bonds is 4. The molecule has 0 atom stereocenters. The molecule has 0 saturated carbocycles. The molecule has 3 N–H and O–H groups in total. The van der Waals surface area contributed by atoms with Gasteiger partial charge in [-0.05, 0) is 20.8 Å². The van der Waals surface area contributed by atoms with Crippen molar-refractivity contribution < 1.29 is 9.53 Å². The summed E-state index contributed by atoms with van der Waals surface area (Å²) in [6, 6.07) is 2.10. The molecule has 7 nitrogen and oxygen atoms in total.